The first-order chi connectivity index (χ1) is 12.0. The largest absolute Gasteiger partial charge is 0.293 e. The van der Waals surface area contributed by atoms with Gasteiger partial charge in [0.15, 0.2) is 5.78 Å². The molecule has 0 saturated heterocycles. The fourth-order valence-electron chi connectivity index (χ4n) is 2.66. The van der Waals surface area contributed by atoms with Gasteiger partial charge in [-0.1, -0.05) is 49.4 Å². The number of nitrogens with zero attached hydrogens (tertiary/aromatic N) is 4. The molecule has 5 nitrogen and oxygen atoms in total. The quantitative estimate of drug-likeness (QED) is 0.495. The molecule has 0 unspecified atom stereocenters. The lowest BCUT2D eigenvalue weighted by Gasteiger charge is -2.04. The van der Waals surface area contributed by atoms with Crippen LogP contribution in [0.15, 0.2) is 29.4 Å². The minimum Gasteiger partial charge on any atom is -0.293 e. The molecule has 0 saturated carbocycles. The molecule has 0 aliphatic carbocycles. The third-order valence-electron chi connectivity index (χ3n) is 4.39. The minimum absolute atomic E-state index is 0.0870. The van der Waals surface area contributed by atoms with Crippen LogP contribution in [0, 0.1) is 20.8 Å². The fraction of sp³-hybridized carbons (Fsp3) is 0.368. The van der Waals surface area contributed by atoms with E-state index < -0.39 is 0 Å². The molecule has 0 aliphatic rings. The van der Waals surface area contributed by atoms with Gasteiger partial charge >= 0.3 is 0 Å². The van der Waals surface area contributed by atoms with Crippen molar-refractivity contribution >= 4 is 23.3 Å². The third-order valence-corrected chi connectivity index (χ3v) is 5.23. The summed E-state index contributed by atoms with van der Waals surface area (Å²) >= 11 is 1.35. The summed E-state index contributed by atoms with van der Waals surface area (Å²) in [5.41, 5.74) is 5.09. The smallest absolute Gasteiger partial charge is 0.253 e. The molecule has 130 valence electrons. The van der Waals surface area contributed by atoms with E-state index in [2.05, 4.69) is 22.0 Å². The van der Waals surface area contributed by atoms with Crippen LogP contribution in [0.4, 0.5) is 0 Å². The predicted octanol–water partition coefficient (Wildman–Crippen LogP) is 3.98. The molecule has 0 bridgehead atoms. The van der Waals surface area contributed by atoms with Crippen LogP contribution in [0.25, 0.3) is 5.78 Å². The second kappa shape index (κ2) is 7.35. The maximum absolute atomic E-state index is 12.4. The lowest BCUT2D eigenvalue weighted by molar-refractivity contribution is 0.102. The Morgan fingerprint density at radius 1 is 1.12 bits per heavy atom. The Balaban J connectivity index is 1.71. The van der Waals surface area contributed by atoms with E-state index in [1.165, 1.54) is 17.3 Å². The van der Waals surface area contributed by atoms with E-state index in [1.807, 2.05) is 45.0 Å². The molecule has 0 aliphatic heterocycles. The van der Waals surface area contributed by atoms with E-state index in [4.69, 9.17) is 0 Å². The van der Waals surface area contributed by atoms with Gasteiger partial charge in [0.1, 0.15) is 0 Å². The summed E-state index contributed by atoms with van der Waals surface area (Å²) in [6.45, 7) is 8.15. The highest BCUT2D eigenvalue weighted by molar-refractivity contribution is 7.99. The summed E-state index contributed by atoms with van der Waals surface area (Å²) in [4.78, 5) is 21.3. The van der Waals surface area contributed by atoms with Gasteiger partial charge in [0.2, 0.25) is 5.16 Å². The van der Waals surface area contributed by atoms with E-state index in [0.29, 0.717) is 16.7 Å². The molecule has 0 N–H and O–H groups in total. The first-order valence-corrected chi connectivity index (χ1v) is 9.43. The number of carbonyl (C=O) groups is 1. The van der Waals surface area contributed by atoms with Gasteiger partial charge in [0.05, 0.1) is 5.75 Å². The van der Waals surface area contributed by atoms with E-state index in [-0.39, 0.29) is 5.78 Å². The second-order valence-electron chi connectivity index (χ2n) is 6.17. The number of ketones is 1. The van der Waals surface area contributed by atoms with Crippen molar-refractivity contribution in [3.05, 3.63) is 52.3 Å². The average molecular weight is 354 g/mol. The normalized spacial score (nSPS) is 11.2. The van der Waals surface area contributed by atoms with Gasteiger partial charge in [-0.25, -0.2) is 9.50 Å². The molecule has 1 aromatic carbocycles. The van der Waals surface area contributed by atoms with Gasteiger partial charge in [-0.2, -0.15) is 4.98 Å². The summed E-state index contributed by atoms with van der Waals surface area (Å²) < 4.78 is 1.74. The van der Waals surface area contributed by atoms with Gasteiger partial charge in [-0.15, -0.1) is 5.10 Å². The van der Waals surface area contributed by atoms with Crippen molar-refractivity contribution in [2.45, 2.75) is 45.7 Å². The molecular weight excluding hydrogens is 332 g/mol. The Kier molecular flexibility index (Phi) is 5.18. The Labute approximate surface area is 151 Å². The summed E-state index contributed by atoms with van der Waals surface area (Å²) in [5.74, 6) is 0.990. The number of thioether (sulfide) groups is 1. The molecule has 0 amide bonds. The number of fused-ring (bicyclic) bond motifs is 1. The lowest BCUT2D eigenvalue weighted by Crippen LogP contribution is -2.03. The first-order valence-electron chi connectivity index (χ1n) is 8.45. The molecular formula is C19H22N4OS. The van der Waals surface area contributed by atoms with Crippen molar-refractivity contribution in [2.75, 3.05) is 5.75 Å². The molecule has 2 aromatic heterocycles. The van der Waals surface area contributed by atoms with Crippen molar-refractivity contribution in [3.8, 4) is 0 Å². The van der Waals surface area contributed by atoms with E-state index >= 15 is 0 Å². The van der Waals surface area contributed by atoms with Gasteiger partial charge in [0.25, 0.3) is 5.78 Å². The molecule has 3 rings (SSSR count). The van der Waals surface area contributed by atoms with Crippen LogP contribution >= 0.6 is 11.8 Å². The number of benzene rings is 1. The monoisotopic (exact) mass is 354 g/mol. The molecule has 0 spiro atoms. The molecule has 6 heteroatoms. The molecule has 0 atom stereocenters. The van der Waals surface area contributed by atoms with Gasteiger partial charge < -0.3 is 0 Å². The van der Waals surface area contributed by atoms with Crippen LogP contribution in [0.1, 0.15) is 46.2 Å². The summed E-state index contributed by atoms with van der Waals surface area (Å²) in [7, 11) is 0. The molecule has 0 fully saturated rings. The molecule has 3 aromatic rings. The average Bonchev–Trinajstić information content (AvgIpc) is 3.01. The van der Waals surface area contributed by atoms with Crippen molar-refractivity contribution in [1.29, 1.82) is 0 Å². The van der Waals surface area contributed by atoms with Crippen molar-refractivity contribution < 1.29 is 4.79 Å². The Bertz CT molecular complexity index is 915. The van der Waals surface area contributed by atoms with E-state index in [1.54, 1.807) is 4.52 Å². The Morgan fingerprint density at radius 3 is 2.52 bits per heavy atom. The number of rotatable bonds is 6. The SMILES string of the molecule is CCCc1ccc(C(=O)CSc2nc3nc(C)c(C)c(C)n3n2)cc1. The molecule has 0 radical (unpaired) electrons. The Morgan fingerprint density at radius 2 is 1.84 bits per heavy atom. The zero-order valence-corrected chi connectivity index (χ0v) is 15.9. The van der Waals surface area contributed by atoms with Crippen LogP contribution < -0.4 is 0 Å². The standard InChI is InChI=1S/C19H22N4OS/c1-5-6-15-7-9-16(10-8-15)17(24)11-25-19-21-18-20-13(3)12(2)14(4)23(18)22-19/h7-10H,5-6,11H2,1-4H3. The minimum atomic E-state index is 0.0870. The van der Waals surface area contributed by atoms with Crippen molar-refractivity contribution in [3.63, 3.8) is 0 Å². The fourth-order valence-corrected chi connectivity index (χ4v) is 3.37. The third kappa shape index (κ3) is 3.74. The summed E-state index contributed by atoms with van der Waals surface area (Å²) in [5, 5.41) is 5.05. The second-order valence-corrected chi connectivity index (χ2v) is 7.12. The van der Waals surface area contributed by atoms with Crippen LogP contribution in [0.2, 0.25) is 0 Å². The maximum Gasteiger partial charge on any atom is 0.253 e. The lowest BCUT2D eigenvalue weighted by atomic mass is 10.1. The molecule has 2 heterocycles. The number of aromatic nitrogens is 4. The zero-order chi connectivity index (χ0) is 18.0. The first kappa shape index (κ1) is 17.6. The van der Waals surface area contributed by atoms with Crippen molar-refractivity contribution in [2.24, 2.45) is 0 Å². The number of hydrogen-bond donors (Lipinski definition) is 0. The zero-order valence-electron chi connectivity index (χ0n) is 15.0. The van der Waals surface area contributed by atoms with Gasteiger partial charge in [-0.3, -0.25) is 4.79 Å². The van der Waals surface area contributed by atoms with E-state index in [0.717, 1.165) is 35.4 Å². The van der Waals surface area contributed by atoms with Crippen molar-refractivity contribution in [1.82, 2.24) is 19.6 Å². The Hall–Kier alpha value is -2.21. The summed E-state index contributed by atoms with van der Waals surface area (Å²) in [6, 6.07) is 7.87. The highest BCUT2D eigenvalue weighted by Crippen LogP contribution is 2.19. The topological polar surface area (TPSA) is 60.2 Å². The molecule has 25 heavy (non-hydrogen) atoms. The van der Waals surface area contributed by atoms with Gasteiger partial charge in [0, 0.05) is 17.0 Å². The number of carbonyl (C=O) groups excluding carboxylic acids is 1. The van der Waals surface area contributed by atoms with Crippen LogP contribution in [0.3, 0.4) is 0 Å². The van der Waals surface area contributed by atoms with Crippen LogP contribution in [-0.2, 0) is 6.42 Å². The summed E-state index contributed by atoms with van der Waals surface area (Å²) in [6.07, 6.45) is 2.15. The van der Waals surface area contributed by atoms with Crippen LogP contribution in [-0.4, -0.2) is 31.1 Å². The number of hydrogen-bond acceptors (Lipinski definition) is 5. The number of Topliss-reactive ketones (excluding diaryl/α,β-unsaturated/α-hetero) is 1. The predicted molar refractivity (Wildman–Crippen MR) is 100 cm³/mol. The number of aryl methyl sites for hydroxylation is 3. The maximum atomic E-state index is 12.4. The van der Waals surface area contributed by atoms with E-state index in [9.17, 15) is 4.79 Å². The van der Waals surface area contributed by atoms with Crippen LogP contribution in [0.5, 0.6) is 0 Å². The highest BCUT2D eigenvalue weighted by Gasteiger charge is 2.13. The highest BCUT2D eigenvalue weighted by atomic mass is 32.2. The van der Waals surface area contributed by atoms with Gasteiger partial charge in [-0.05, 0) is 38.3 Å².